The molecule has 0 fully saturated rings. The van der Waals surface area contributed by atoms with Crippen LogP contribution in [0.2, 0.25) is 0 Å². The Kier molecular flexibility index (Phi) is 3.98. The second-order valence-corrected chi connectivity index (χ2v) is 6.68. The van der Waals surface area contributed by atoms with E-state index in [-0.39, 0.29) is 0 Å². The summed E-state index contributed by atoms with van der Waals surface area (Å²) in [7, 11) is 2.17. The zero-order chi connectivity index (χ0) is 17.4. The van der Waals surface area contributed by atoms with E-state index < -0.39 is 0 Å². The molecule has 1 aliphatic rings. The number of hydrogen-bond donors (Lipinski definition) is 2. The maximum Gasteiger partial charge on any atom is 0.0801 e. The van der Waals surface area contributed by atoms with Gasteiger partial charge in [-0.3, -0.25) is 5.01 Å². The van der Waals surface area contributed by atoms with Gasteiger partial charge in [0.25, 0.3) is 0 Å². The fourth-order valence-electron chi connectivity index (χ4n) is 3.97. The largest absolute Gasteiger partial charge is 0.403 e. The predicted octanol–water partition coefficient (Wildman–Crippen LogP) is 3.69. The van der Waals surface area contributed by atoms with E-state index in [1.54, 1.807) is 11.2 Å². The molecule has 0 saturated carbocycles. The molecule has 4 heteroatoms. The Bertz CT molecular complexity index is 937. The maximum atomic E-state index is 6.43. The van der Waals surface area contributed by atoms with Crippen molar-refractivity contribution in [2.45, 2.75) is 25.7 Å². The van der Waals surface area contributed by atoms with Crippen molar-refractivity contribution in [1.82, 2.24) is 4.57 Å². The lowest BCUT2D eigenvalue weighted by molar-refractivity contribution is 0.653. The lowest BCUT2D eigenvalue weighted by atomic mass is 9.95. The molecule has 25 heavy (non-hydrogen) atoms. The number of nitrogens with zero attached hydrogens (tertiary/aromatic N) is 2. The van der Waals surface area contributed by atoms with E-state index >= 15 is 0 Å². The monoisotopic (exact) mass is 332 g/mol. The van der Waals surface area contributed by atoms with Crippen molar-refractivity contribution < 1.29 is 0 Å². The quantitative estimate of drug-likeness (QED) is 0.568. The zero-order valence-corrected chi connectivity index (χ0v) is 14.6. The highest BCUT2D eigenvalue weighted by molar-refractivity contribution is 5.91. The topological polar surface area (TPSA) is 60.2 Å². The first-order chi connectivity index (χ1) is 12.2. The van der Waals surface area contributed by atoms with E-state index in [2.05, 4.69) is 29.8 Å². The third-order valence-electron chi connectivity index (χ3n) is 5.28. The Hall–Kier alpha value is -2.72. The van der Waals surface area contributed by atoms with Crippen molar-refractivity contribution in [1.29, 1.82) is 0 Å². The third-order valence-corrected chi connectivity index (χ3v) is 5.28. The van der Waals surface area contributed by atoms with Crippen LogP contribution in [0.15, 0.2) is 54.7 Å². The molecule has 2 aromatic carbocycles. The van der Waals surface area contributed by atoms with Crippen LogP contribution in [-0.4, -0.2) is 4.57 Å². The molecule has 0 aliphatic heterocycles. The number of hydrogen-bond acceptors (Lipinski definition) is 3. The second-order valence-electron chi connectivity index (χ2n) is 6.68. The van der Waals surface area contributed by atoms with Gasteiger partial charge in [-0.2, -0.15) is 0 Å². The van der Waals surface area contributed by atoms with Crippen LogP contribution >= 0.6 is 0 Å². The summed E-state index contributed by atoms with van der Waals surface area (Å²) in [6.45, 7) is 0. The summed E-state index contributed by atoms with van der Waals surface area (Å²) in [5.41, 5.74) is 12.9. The average Bonchev–Trinajstić information content (AvgIpc) is 2.95. The molecular weight excluding hydrogens is 308 g/mol. The molecule has 0 saturated heterocycles. The van der Waals surface area contributed by atoms with Gasteiger partial charge in [0.15, 0.2) is 0 Å². The van der Waals surface area contributed by atoms with Crippen LogP contribution in [0.25, 0.3) is 16.6 Å². The number of rotatable bonds is 3. The van der Waals surface area contributed by atoms with E-state index in [0.29, 0.717) is 0 Å². The summed E-state index contributed by atoms with van der Waals surface area (Å²) in [6.07, 6.45) is 6.43. The summed E-state index contributed by atoms with van der Waals surface area (Å²) < 4.78 is 2.34. The van der Waals surface area contributed by atoms with Crippen molar-refractivity contribution >= 4 is 22.3 Å². The van der Waals surface area contributed by atoms with Crippen LogP contribution in [0.4, 0.5) is 5.69 Å². The van der Waals surface area contributed by atoms with Crippen molar-refractivity contribution in [2.24, 2.45) is 18.6 Å². The summed E-state index contributed by atoms with van der Waals surface area (Å²) in [6, 6.07) is 16.4. The molecule has 1 heterocycles. The highest BCUT2D eigenvalue weighted by Crippen LogP contribution is 2.34. The van der Waals surface area contributed by atoms with Gasteiger partial charge in [-0.1, -0.05) is 30.3 Å². The van der Waals surface area contributed by atoms with E-state index in [9.17, 15) is 0 Å². The third kappa shape index (κ3) is 2.59. The number of nitrogens with two attached hydrogens (primary N) is 2. The van der Waals surface area contributed by atoms with Crippen molar-refractivity contribution in [3.63, 3.8) is 0 Å². The Morgan fingerprint density at radius 1 is 1.08 bits per heavy atom. The molecule has 3 aromatic rings. The van der Waals surface area contributed by atoms with Crippen LogP contribution in [-0.2, 0) is 19.9 Å². The number of benzene rings is 2. The summed E-state index contributed by atoms with van der Waals surface area (Å²) in [4.78, 5) is 0. The molecule has 128 valence electrons. The van der Waals surface area contributed by atoms with E-state index in [0.717, 1.165) is 23.4 Å². The van der Waals surface area contributed by atoms with Crippen LogP contribution in [0.5, 0.6) is 0 Å². The van der Waals surface area contributed by atoms with Crippen molar-refractivity contribution in [3.8, 4) is 0 Å². The van der Waals surface area contributed by atoms with Gasteiger partial charge in [0.05, 0.1) is 11.4 Å². The van der Waals surface area contributed by atoms with Gasteiger partial charge in [0, 0.05) is 35.4 Å². The minimum absolute atomic E-state index is 0.796. The molecule has 4 rings (SSSR count). The van der Waals surface area contributed by atoms with Gasteiger partial charge in [0.2, 0.25) is 0 Å². The first kappa shape index (κ1) is 15.8. The lowest BCUT2D eigenvalue weighted by Gasteiger charge is -2.22. The van der Waals surface area contributed by atoms with Crippen molar-refractivity contribution in [2.75, 3.05) is 5.01 Å². The molecule has 0 radical (unpaired) electrons. The number of fused-ring (bicyclic) bond motifs is 3. The van der Waals surface area contributed by atoms with Crippen LogP contribution in [0, 0.1) is 0 Å². The van der Waals surface area contributed by atoms with Gasteiger partial charge in [0.1, 0.15) is 0 Å². The number of aromatic nitrogens is 1. The van der Waals surface area contributed by atoms with Crippen molar-refractivity contribution in [3.05, 3.63) is 71.6 Å². The SMILES string of the molecule is Cn1c2c(c3cc(N(N)/C(=C\N)c4ccccc4)ccc31)CCCC2. The molecule has 4 N–H and O–H groups in total. The number of anilines is 1. The number of aryl methyl sites for hydroxylation is 2. The smallest absolute Gasteiger partial charge is 0.0801 e. The molecule has 0 amide bonds. The summed E-state index contributed by atoms with van der Waals surface area (Å²) >= 11 is 0. The standard InChI is InChI=1S/C21H24N4/c1-24-19-10-6-5-9-17(19)18-13-16(11-12-20(18)24)25(23)21(14-22)15-7-3-2-4-8-15/h2-4,7-8,11-14H,5-6,9-10,22-23H2,1H3/b21-14-. The van der Waals surface area contributed by atoms with Gasteiger partial charge in [-0.15, -0.1) is 0 Å². The highest BCUT2D eigenvalue weighted by Gasteiger charge is 2.19. The zero-order valence-electron chi connectivity index (χ0n) is 14.6. The molecule has 0 unspecified atom stereocenters. The van der Waals surface area contributed by atoms with Crippen LogP contribution in [0.3, 0.4) is 0 Å². The summed E-state index contributed by atoms with van der Waals surface area (Å²) in [5.74, 6) is 6.43. The van der Waals surface area contributed by atoms with Gasteiger partial charge >= 0.3 is 0 Å². The first-order valence-electron chi connectivity index (χ1n) is 8.83. The molecule has 4 nitrogen and oxygen atoms in total. The Morgan fingerprint density at radius 3 is 2.60 bits per heavy atom. The molecular formula is C21H24N4. The maximum absolute atomic E-state index is 6.43. The Morgan fingerprint density at radius 2 is 1.84 bits per heavy atom. The van der Waals surface area contributed by atoms with Gasteiger partial charge in [-0.05, 0) is 49.4 Å². The fraction of sp³-hybridized carbons (Fsp3) is 0.238. The van der Waals surface area contributed by atoms with Gasteiger partial charge < -0.3 is 10.3 Å². The molecule has 0 bridgehead atoms. The minimum Gasteiger partial charge on any atom is -0.403 e. The van der Waals surface area contributed by atoms with E-state index in [1.165, 1.54) is 41.4 Å². The Balaban J connectivity index is 1.79. The molecule has 0 atom stereocenters. The average molecular weight is 332 g/mol. The minimum atomic E-state index is 0.796. The van der Waals surface area contributed by atoms with Crippen LogP contribution in [0.1, 0.15) is 29.7 Å². The fourth-order valence-corrected chi connectivity index (χ4v) is 3.97. The van der Waals surface area contributed by atoms with Crippen LogP contribution < -0.4 is 16.6 Å². The molecule has 1 aromatic heterocycles. The second kappa shape index (κ2) is 6.30. The summed E-state index contributed by atoms with van der Waals surface area (Å²) in [5, 5.41) is 2.99. The molecule has 0 spiro atoms. The van der Waals surface area contributed by atoms with E-state index in [1.807, 2.05) is 30.3 Å². The Labute approximate surface area is 148 Å². The number of hydrazine groups is 1. The highest BCUT2D eigenvalue weighted by atomic mass is 15.4. The molecule has 1 aliphatic carbocycles. The normalized spacial score (nSPS) is 14.6. The van der Waals surface area contributed by atoms with Gasteiger partial charge in [-0.25, -0.2) is 5.84 Å². The first-order valence-corrected chi connectivity index (χ1v) is 8.83. The predicted molar refractivity (Wildman–Crippen MR) is 105 cm³/mol. The lowest BCUT2D eigenvalue weighted by Crippen LogP contribution is -2.29. The van der Waals surface area contributed by atoms with E-state index in [4.69, 9.17) is 11.6 Å².